The molecule has 0 radical (unpaired) electrons. The Kier molecular flexibility index (Phi) is 5.57. The number of rotatable bonds is 0. The Bertz CT molecular complexity index is 689. The molecule has 1 aromatic carbocycles. The Hall–Kier alpha value is -3.08. The molecular formula is C16H15N3O2. The van der Waals surface area contributed by atoms with Crippen LogP contribution in [0.25, 0.3) is 10.9 Å². The van der Waals surface area contributed by atoms with Gasteiger partial charge >= 0.3 is 5.76 Å². The highest BCUT2D eigenvalue weighted by atomic mass is 16.4. The molecule has 4 rings (SSSR count). The smallest absolute Gasteiger partial charge is 0.416 e. The fourth-order valence-corrected chi connectivity index (χ4v) is 1.53. The zero-order valence-corrected chi connectivity index (χ0v) is 11.3. The molecule has 0 fully saturated rings. The van der Waals surface area contributed by atoms with E-state index in [1.807, 2.05) is 55.0 Å². The van der Waals surface area contributed by atoms with Crippen LogP contribution in [-0.2, 0) is 0 Å². The quantitative estimate of drug-likeness (QED) is 0.519. The Balaban J connectivity index is 0.000000126. The lowest BCUT2D eigenvalue weighted by Gasteiger charge is -1.91. The monoisotopic (exact) mass is 281 g/mol. The van der Waals surface area contributed by atoms with Crippen LogP contribution < -0.4 is 5.76 Å². The molecule has 106 valence electrons. The average Bonchev–Trinajstić information content (AvgIpc) is 3.24. The number of fused-ring (bicyclic) bond motifs is 1. The number of H-pyrrole nitrogens is 2. The van der Waals surface area contributed by atoms with Crippen LogP contribution in [0.4, 0.5) is 0 Å². The SMILES string of the molecule is O=c1[nH]cco1.c1cc[nH]c1.c1ccc2ncccc2c1. The van der Waals surface area contributed by atoms with Crippen molar-refractivity contribution in [2.45, 2.75) is 0 Å². The van der Waals surface area contributed by atoms with Crippen molar-refractivity contribution in [3.63, 3.8) is 0 Å². The molecule has 0 atom stereocenters. The van der Waals surface area contributed by atoms with Gasteiger partial charge < -0.3 is 9.40 Å². The van der Waals surface area contributed by atoms with Gasteiger partial charge in [0.25, 0.3) is 0 Å². The first-order valence-electron chi connectivity index (χ1n) is 6.36. The van der Waals surface area contributed by atoms with Crippen LogP contribution >= 0.6 is 0 Å². The van der Waals surface area contributed by atoms with Gasteiger partial charge in [-0.2, -0.15) is 0 Å². The van der Waals surface area contributed by atoms with Crippen molar-refractivity contribution >= 4 is 10.9 Å². The summed E-state index contributed by atoms with van der Waals surface area (Å²) >= 11 is 0. The summed E-state index contributed by atoms with van der Waals surface area (Å²) in [5.74, 6) is -0.407. The maximum Gasteiger partial charge on any atom is 0.416 e. The summed E-state index contributed by atoms with van der Waals surface area (Å²) in [7, 11) is 0. The van der Waals surface area contributed by atoms with Crippen molar-refractivity contribution in [1.29, 1.82) is 0 Å². The Morgan fingerprint density at radius 2 is 1.67 bits per heavy atom. The zero-order chi connectivity index (χ0) is 14.8. The van der Waals surface area contributed by atoms with Gasteiger partial charge in [0.1, 0.15) is 6.26 Å². The highest BCUT2D eigenvalue weighted by molar-refractivity contribution is 5.77. The molecule has 0 saturated heterocycles. The number of hydrogen-bond donors (Lipinski definition) is 2. The summed E-state index contributed by atoms with van der Waals surface area (Å²) < 4.78 is 4.22. The predicted molar refractivity (Wildman–Crippen MR) is 81.9 cm³/mol. The van der Waals surface area contributed by atoms with Crippen LogP contribution in [0.2, 0.25) is 0 Å². The lowest BCUT2D eigenvalue weighted by atomic mass is 10.2. The number of aromatic nitrogens is 3. The van der Waals surface area contributed by atoms with Crippen molar-refractivity contribution in [3.8, 4) is 0 Å². The van der Waals surface area contributed by atoms with Crippen molar-refractivity contribution in [3.05, 3.63) is 90.1 Å². The maximum absolute atomic E-state index is 9.85. The topological polar surface area (TPSA) is 74.7 Å². The molecule has 0 aliphatic heterocycles. The fraction of sp³-hybridized carbons (Fsp3) is 0. The number of para-hydroxylation sites is 1. The minimum Gasteiger partial charge on any atom is -0.417 e. The molecule has 0 saturated carbocycles. The van der Waals surface area contributed by atoms with Gasteiger partial charge in [-0.3, -0.25) is 9.97 Å². The van der Waals surface area contributed by atoms with Gasteiger partial charge in [0.05, 0.1) is 5.52 Å². The van der Waals surface area contributed by atoms with E-state index in [1.165, 1.54) is 17.8 Å². The minimum absolute atomic E-state index is 0.407. The zero-order valence-electron chi connectivity index (χ0n) is 11.3. The van der Waals surface area contributed by atoms with Gasteiger partial charge in [0, 0.05) is 30.2 Å². The lowest BCUT2D eigenvalue weighted by molar-refractivity contribution is 0.515. The number of hydrogen-bond acceptors (Lipinski definition) is 3. The Morgan fingerprint density at radius 3 is 2.19 bits per heavy atom. The second kappa shape index (κ2) is 8.16. The van der Waals surface area contributed by atoms with E-state index >= 15 is 0 Å². The molecule has 5 heteroatoms. The Labute approximate surface area is 121 Å². The van der Waals surface area contributed by atoms with Crippen LogP contribution in [0.5, 0.6) is 0 Å². The maximum atomic E-state index is 9.85. The molecule has 0 amide bonds. The first kappa shape index (κ1) is 14.3. The predicted octanol–water partition coefficient (Wildman–Crippen LogP) is 3.22. The molecule has 0 bridgehead atoms. The van der Waals surface area contributed by atoms with E-state index in [0.717, 1.165) is 5.52 Å². The lowest BCUT2D eigenvalue weighted by Crippen LogP contribution is -1.91. The van der Waals surface area contributed by atoms with Gasteiger partial charge in [0.15, 0.2) is 0 Å². The summed E-state index contributed by atoms with van der Waals surface area (Å²) in [5.41, 5.74) is 1.06. The Morgan fingerprint density at radius 1 is 0.905 bits per heavy atom. The first-order chi connectivity index (χ1) is 10.4. The van der Waals surface area contributed by atoms with Crippen LogP contribution in [-0.4, -0.2) is 15.0 Å². The number of nitrogens with zero attached hydrogens (tertiary/aromatic N) is 1. The third-order valence-electron chi connectivity index (χ3n) is 2.45. The molecular weight excluding hydrogens is 266 g/mol. The van der Waals surface area contributed by atoms with Crippen LogP contribution in [0.15, 0.2) is 88.8 Å². The molecule has 0 spiro atoms. The number of pyridine rings is 1. The van der Waals surface area contributed by atoms with Crippen molar-refractivity contribution < 1.29 is 4.42 Å². The molecule has 3 aromatic heterocycles. The third-order valence-corrected chi connectivity index (χ3v) is 2.45. The van der Waals surface area contributed by atoms with Gasteiger partial charge in [-0.25, -0.2) is 4.79 Å². The second-order valence-electron chi connectivity index (χ2n) is 3.93. The largest absolute Gasteiger partial charge is 0.417 e. The molecule has 0 aliphatic rings. The van der Waals surface area contributed by atoms with Gasteiger partial charge in [0.2, 0.25) is 0 Å². The second-order valence-corrected chi connectivity index (χ2v) is 3.93. The van der Waals surface area contributed by atoms with Crippen LogP contribution in [0.3, 0.4) is 0 Å². The van der Waals surface area contributed by atoms with Gasteiger partial charge in [-0.1, -0.05) is 24.3 Å². The standard InChI is InChI=1S/C9H7N.C4H5N.C3H3NO2/c1-2-6-9-8(4-1)5-3-7-10-9;1-2-4-5-3-1;5-3-4-1-2-6-3/h1-7H;1-5H;1-2H,(H,4,5). The number of oxazole rings is 1. The highest BCUT2D eigenvalue weighted by Crippen LogP contribution is 2.07. The van der Waals surface area contributed by atoms with E-state index in [9.17, 15) is 4.79 Å². The van der Waals surface area contributed by atoms with Crippen LogP contribution in [0.1, 0.15) is 0 Å². The van der Waals surface area contributed by atoms with E-state index in [-0.39, 0.29) is 0 Å². The van der Waals surface area contributed by atoms with Crippen molar-refractivity contribution in [1.82, 2.24) is 15.0 Å². The highest BCUT2D eigenvalue weighted by Gasteiger charge is 1.86. The van der Waals surface area contributed by atoms with E-state index in [1.54, 1.807) is 0 Å². The third kappa shape index (κ3) is 5.20. The normalized spacial score (nSPS) is 9.14. The molecule has 4 aromatic rings. The molecule has 5 nitrogen and oxygen atoms in total. The molecule has 0 aliphatic carbocycles. The molecule has 2 N–H and O–H groups in total. The van der Waals surface area contributed by atoms with Crippen molar-refractivity contribution in [2.75, 3.05) is 0 Å². The average molecular weight is 281 g/mol. The fourth-order valence-electron chi connectivity index (χ4n) is 1.53. The number of aromatic amines is 2. The van der Waals surface area contributed by atoms with E-state index in [2.05, 4.69) is 31.5 Å². The molecule has 3 heterocycles. The summed E-state index contributed by atoms with van der Waals surface area (Å²) in [4.78, 5) is 19.2. The van der Waals surface area contributed by atoms with Crippen molar-refractivity contribution in [2.24, 2.45) is 0 Å². The first-order valence-corrected chi connectivity index (χ1v) is 6.36. The summed E-state index contributed by atoms with van der Waals surface area (Å²) in [6, 6.07) is 16.0. The van der Waals surface area contributed by atoms with E-state index in [0.29, 0.717) is 0 Å². The summed E-state index contributed by atoms with van der Waals surface area (Å²) in [5, 5.41) is 1.20. The summed E-state index contributed by atoms with van der Waals surface area (Å²) in [6.45, 7) is 0. The number of nitrogens with one attached hydrogen (secondary N) is 2. The summed E-state index contributed by atoms with van der Waals surface area (Å²) in [6.07, 6.45) is 8.28. The van der Waals surface area contributed by atoms with Gasteiger partial charge in [-0.15, -0.1) is 0 Å². The van der Waals surface area contributed by atoms with E-state index in [4.69, 9.17) is 0 Å². The van der Waals surface area contributed by atoms with E-state index < -0.39 is 5.76 Å². The van der Waals surface area contributed by atoms with Gasteiger partial charge in [-0.05, 0) is 24.3 Å². The van der Waals surface area contributed by atoms with Crippen LogP contribution in [0, 0.1) is 0 Å². The molecule has 0 unspecified atom stereocenters. The molecule has 21 heavy (non-hydrogen) atoms. The minimum atomic E-state index is -0.407. The number of benzene rings is 1.